The van der Waals surface area contributed by atoms with Crippen LogP contribution in [-0.4, -0.2) is 30.3 Å². The van der Waals surface area contributed by atoms with E-state index >= 15 is 0 Å². The summed E-state index contributed by atoms with van der Waals surface area (Å²) in [5.41, 5.74) is 1.13. The Bertz CT molecular complexity index is 1160. The first-order valence-corrected chi connectivity index (χ1v) is 11.8. The Kier molecular flexibility index (Phi) is 10.00. The molecular formula is C28H30FN3O4. The number of halogens is 1. The Morgan fingerprint density at radius 3 is 2.67 bits per heavy atom. The van der Waals surface area contributed by atoms with E-state index < -0.39 is 23.7 Å². The van der Waals surface area contributed by atoms with Crippen molar-refractivity contribution in [2.24, 2.45) is 0 Å². The average molecular weight is 492 g/mol. The highest BCUT2D eigenvalue weighted by Crippen LogP contribution is 2.18. The molecule has 188 valence electrons. The molecule has 0 aromatic heterocycles. The van der Waals surface area contributed by atoms with Gasteiger partial charge in [0.1, 0.15) is 23.4 Å². The Morgan fingerprint density at radius 1 is 1.14 bits per heavy atom. The second-order valence-electron chi connectivity index (χ2n) is 8.19. The Morgan fingerprint density at radius 2 is 1.92 bits per heavy atom. The lowest BCUT2D eigenvalue weighted by Gasteiger charge is -2.19. The van der Waals surface area contributed by atoms with Gasteiger partial charge in [-0.2, -0.15) is 0 Å². The van der Waals surface area contributed by atoms with E-state index in [1.165, 1.54) is 6.07 Å². The second kappa shape index (κ2) is 13.6. The fourth-order valence-electron chi connectivity index (χ4n) is 3.46. The van der Waals surface area contributed by atoms with Gasteiger partial charge in [-0.3, -0.25) is 14.4 Å². The molecule has 0 radical (unpaired) electrons. The molecule has 36 heavy (non-hydrogen) atoms. The third-order valence-corrected chi connectivity index (χ3v) is 5.38. The van der Waals surface area contributed by atoms with E-state index in [0.717, 1.165) is 5.56 Å². The maximum absolute atomic E-state index is 14.0. The topological polar surface area (TPSA) is 96.5 Å². The largest absolute Gasteiger partial charge is 0.457 e. The summed E-state index contributed by atoms with van der Waals surface area (Å²) in [6.07, 6.45) is 10.0. The van der Waals surface area contributed by atoms with Crippen molar-refractivity contribution in [3.05, 3.63) is 102 Å². The van der Waals surface area contributed by atoms with Gasteiger partial charge in [-0.05, 0) is 49.3 Å². The molecule has 0 fully saturated rings. The van der Waals surface area contributed by atoms with E-state index in [9.17, 15) is 18.8 Å². The van der Waals surface area contributed by atoms with Crippen LogP contribution in [-0.2, 0) is 27.3 Å². The molecule has 7 nitrogen and oxygen atoms in total. The molecule has 0 aliphatic carbocycles. The highest BCUT2D eigenvalue weighted by Gasteiger charge is 2.22. The van der Waals surface area contributed by atoms with Crippen LogP contribution in [0.25, 0.3) is 0 Å². The molecule has 8 heteroatoms. The van der Waals surface area contributed by atoms with Gasteiger partial charge in [-0.15, -0.1) is 0 Å². The average Bonchev–Trinajstić information content (AvgIpc) is 2.88. The Hall–Kier alpha value is -4.20. The summed E-state index contributed by atoms with van der Waals surface area (Å²) in [6, 6.07) is 12.4. The van der Waals surface area contributed by atoms with Crippen molar-refractivity contribution in [2.45, 2.75) is 38.8 Å². The maximum Gasteiger partial charge on any atom is 0.243 e. The van der Waals surface area contributed by atoms with Crippen LogP contribution in [0, 0.1) is 5.82 Å². The number of fused-ring (bicyclic) bond motifs is 13. The van der Waals surface area contributed by atoms with Crippen LogP contribution in [0.1, 0.15) is 30.9 Å². The van der Waals surface area contributed by atoms with Crippen LogP contribution in [0.5, 0.6) is 5.75 Å². The number of ether oxygens (including phenoxy) is 1. The van der Waals surface area contributed by atoms with Crippen molar-refractivity contribution in [1.29, 1.82) is 0 Å². The number of amides is 3. The van der Waals surface area contributed by atoms with Crippen LogP contribution >= 0.6 is 0 Å². The molecule has 3 N–H and O–H groups in total. The molecule has 0 saturated carbocycles. The van der Waals surface area contributed by atoms with Crippen LogP contribution in [0.4, 0.5) is 4.39 Å². The third kappa shape index (κ3) is 8.54. The summed E-state index contributed by atoms with van der Waals surface area (Å²) in [5.74, 6) is -0.459. The first-order chi connectivity index (χ1) is 17.4. The summed E-state index contributed by atoms with van der Waals surface area (Å²) in [5, 5.41) is 7.93. The number of hydrogen-bond donors (Lipinski definition) is 3. The predicted molar refractivity (Wildman–Crippen MR) is 135 cm³/mol. The zero-order valence-electron chi connectivity index (χ0n) is 20.1. The van der Waals surface area contributed by atoms with Crippen molar-refractivity contribution >= 4 is 17.7 Å². The summed E-state index contributed by atoms with van der Waals surface area (Å²) < 4.78 is 19.9. The minimum atomic E-state index is -0.921. The van der Waals surface area contributed by atoms with Gasteiger partial charge in [0.25, 0.3) is 0 Å². The first-order valence-electron chi connectivity index (χ1n) is 11.8. The number of nitrogens with one attached hydrogen (secondary N) is 3. The molecule has 3 amide bonds. The lowest BCUT2D eigenvalue weighted by atomic mass is 10.0. The number of hydrogen-bond acceptors (Lipinski definition) is 4. The first kappa shape index (κ1) is 26.4. The van der Waals surface area contributed by atoms with E-state index in [-0.39, 0.29) is 31.8 Å². The Labute approximate surface area is 210 Å². The molecule has 4 rings (SSSR count). The smallest absolute Gasteiger partial charge is 0.243 e. The van der Waals surface area contributed by atoms with Crippen molar-refractivity contribution in [3.63, 3.8) is 0 Å². The van der Waals surface area contributed by atoms with Gasteiger partial charge in [0, 0.05) is 24.9 Å². The molecule has 1 unspecified atom stereocenters. The van der Waals surface area contributed by atoms with Crippen LogP contribution in [0.15, 0.2) is 84.7 Å². The SMILES string of the molecule is C/C=C\C=C1/C=CCCC(=O)NCC(=O)NC(C(=O)NCc2ccccc2F)Cc2ccc(cc2)O1. The zero-order valence-corrected chi connectivity index (χ0v) is 20.1. The van der Waals surface area contributed by atoms with Gasteiger partial charge in [-0.1, -0.05) is 48.6 Å². The summed E-state index contributed by atoms with van der Waals surface area (Å²) in [7, 11) is 0. The normalized spacial score (nSPS) is 18.4. The molecule has 2 aliphatic rings. The third-order valence-electron chi connectivity index (χ3n) is 5.38. The van der Waals surface area contributed by atoms with Crippen LogP contribution in [0.2, 0.25) is 0 Å². The number of allylic oxidation sites excluding steroid dienone is 5. The van der Waals surface area contributed by atoms with Crippen LogP contribution < -0.4 is 20.7 Å². The van der Waals surface area contributed by atoms with E-state index in [2.05, 4.69) is 16.0 Å². The second-order valence-corrected chi connectivity index (χ2v) is 8.19. The molecule has 0 spiro atoms. The zero-order chi connectivity index (χ0) is 25.8. The molecule has 2 aromatic carbocycles. The fourth-order valence-corrected chi connectivity index (χ4v) is 3.46. The summed E-state index contributed by atoms with van der Waals surface area (Å²) in [6.45, 7) is 1.63. The maximum atomic E-state index is 14.0. The van der Waals surface area contributed by atoms with Crippen LogP contribution in [0.3, 0.4) is 0 Å². The van der Waals surface area contributed by atoms with E-state index in [4.69, 9.17) is 4.74 Å². The number of benzene rings is 2. The van der Waals surface area contributed by atoms with Crippen molar-refractivity contribution in [2.75, 3.05) is 6.54 Å². The molecule has 0 saturated heterocycles. The molecule has 2 aromatic rings. The van der Waals surface area contributed by atoms with Gasteiger partial charge in [0.15, 0.2) is 0 Å². The highest BCUT2D eigenvalue weighted by molar-refractivity contribution is 5.90. The van der Waals surface area contributed by atoms with Gasteiger partial charge in [0.2, 0.25) is 17.7 Å². The van der Waals surface area contributed by atoms with Gasteiger partial charge >= 0.3 is 0 Å². The van der Waals surface area contributed by atoms with E-state index in [1.54, 1.807) is 36.4 Å². The Balaban J connectivity index is 1.79. The predicted octanol–water partition coefficient (Wildman–Crippen LogP) is 3.47. The highest BCUT2D eigenvalue weighted by atomic mass is 19.1. The number of carbonyl (C=O) groups is 3. The summed E-state index contributed by atoms with van der Waals surface area (Å²) in [4.78, 5) is 37.6. The van der Waals surface area contributed by atoms with Crippen molar-refractivity contribution in [3.8, 4) is 5.75 Å². The monoisotopic (exact) mass is 491 g/mol. The summed E-state index contributed by atoms with van der Waals surface area (Å²) >= 11 is 0. The quantitative estimate of drug-likeness (QED) is 0.610. The standard InChI is InChI=1S/C28H30FN3O4/c1-2-3-9-22-10-5-7-12-26(33)30-19-27(34)32-25(17-20-13-15-23(36-22)16-14-20)28(35)31-18-21-8-4-6-11-24(21)29/h2-6,8-11,13-16,25H,7,12,17-19H2,1H3,(H,30,33)(H,31,35)(H,32,34)/b3-2-,10-5?,22-9+. The van der Waals surface area contributed by atoms with Crippen molar-refractivity contribution < 1.29 is 23.5 Å². The molecule has 2 bridgehead atoms. The number of rotatable bonds is 4. The van der Waals surface area contributed by atoms with Gasteiger partial charge < -0.3 is 20.7 Å². The van der Waals surface area contributed by atoms with Gasteiger partial charge in [-0.25, -0.2) is 4.39 Å². The van der Waals surface area contributed by atoms with Gasteiger partial charge in [0.05, 0.1) is 6.54 Å². The minimum Gasteiger partial charge on any atom is -0.457 e. The lowest BCUT2D eigenvalue weighted by molar-refractivity contribution is -0.129. The lowest BCUT2D eigenvalue weighted by Crippen LogP contribution is -2.50. The van der Waals surface area contributed by atoms with E-state index in [0.29, 0.717) is 23.5 Å². The molecule has 2 heterocycles. The fraction of sp³-hybridized carbons (Fsp3) is 0.250. The number of carbonyl (C=O) groups excluding carboxylic acids is 3. The molecule has 2 aliphatic heterocycles. The van der Waals surface area contributed by atoms with Crippen molar-refractivity contribution in [1.82, 2.24) is 16.0 Å². The van der Waals surface area contributed by atoms with E-state index in [1.807, 2.05) is 43.4 Å². The molecule has 1 atom stereocenters. The minimum absolute atomic E-state index is 0.0181. The molecular weight excluding hydrogens is 461 g/mol.